The minimum absolute atomic E-state index is 0.0160. The third-order valence-electron chi connectivity index (χ3n) is 6.19. The van der Waals surface area contributed by atoms with Gasteiger partial charge in [0.25, 0.3) is 5.91 Å². The maximum Gasteiger partial charge on any atom is 0.255 e. The van der Waals surface area contributed by atoms with Gasteiger partial charge in [-0.2, -0.15) is 0 Å². The Balaban J connectivity index is 1.52. The lowest BCUT2D eigenvalue weighted by atomic mass is 10.0. The van der Waals surface area contributed by atoms with Crippen LogP contribution in [0.25, 0.3) is 0 Å². The number of Topliss-reactive ketones (excluding diaryl/α,β-unsaturated/α-hetero) is 1. The van der Waals surface area contributed by atoms with Crippen LogP contribution >= 0.6 is 0 Å². The van der Waals surface area contributed by atoms with Gasteiger partial charge in [-0.25, -0.2) is 8.42 Å². The van der Waals surface area contributed by atoms with E-state index in [9.17, 15) is 27.9 Å². The Bertz CT molecular complexity index is 1210. The zero-order chi connectivity index (χ0) is 23.9. The number of hydrogen-bond donors (Lipinski definition) is 2. The van der Waals surface area contributed by atoms with Crippen LogP contribution in [-0.4, -0.2) is 78.4 Å². The van der Waals surface area contributed by atoms with E-state index in [4.69, 9.17) is 5.73 Å². The van der Waals surface area contributed by atoms with E-state index >= 15 is 0 Å². The number of likely N-dealkylation sites (tertiary alicyclic amines) is 2. The number of carbonyl (C=O) groups is 3. The normalized spacial score (nSPS) is 21.2. The summed E-state index contributed by atoms with van der Waals surface area (Å²) in [5.74, 6) is -1.08. The molecule has 10 heteroatoms. The summed E-state index contributed by atoms with van der Waals surface area (Å²) in [6.07, 6.45) is 1.68. The predicted octanol–water partition coefficient (Wildman–Crippen LogP) is 0.360. The van der Waals surface area contributed by atoms with Gasteiger partial charge in [0.05, 0.1) is 29.1 Å². The van der Waals surface area contributed by atoms with E-state index in [0.29, 0.717) is 6.42 Å². The van der Waals surface area contributed by atoms with Gasteiger partial charge in [0.15, 0.2) is 15.6 Å². The van der Waals surface area contributed by atoms with Crippen LogP contribution in [0.15, 0.2) is 53.4 Å². The van der Waals surface area contributed by atoms with Gasteiger partial charge in [0.2, 0.25) is 5.91 Å². The summed E-state index contributed by atoms with van der Waals surface area (Å²) < 4.78 is 24.3. The van der Waals surface area contributed by atoms with Gasteiger partial charge in [-0.3, -0.25) is 14.4 Å². The van der Waals surface area contributed by atoms with Crippen molar-refractivity contribution >= 4 is 27.4 Å². The SMILES string of the molecule is CS(=O)(=O)c1ccccc1C(=O)N1CC(=O)C2C1CCN2C(=O)[C@@H](N)Cc1ccc(O)cc1. The van der Waals surface area contributed by atoms with Gasteiger partial charge >= 0.3 is 0 Å². The number of benzene rings is 2. The Morgan fingerprint density at radius 3 is 2.45 bits per heavy atom. The van der Waals surface area contributed by atoms with Crippen molar-refractivity contribution in [2.24, 2.45) is 5.73 Å². The zero-order valence-electron chi connectivity index (χ0n) is 18.0. The van der Waals surface area contributed by atoms with Gasteiger partial charge in [-0.15, -0.1) is 0 Å². The molecule has 2 aliphatic heterocycles. The third kappa shape index (κ3) is 4.36. The second-order valence-corrected chi connectivity index (χ2v) is 10.5. The zero-order valence-corrected chi connectivity index (χ0v) is 18.9. The Labute approximate surface area is 191 Å². The van der Waals surface area contributed by atoms with Gasteiger partial charge in [-0.05, 0) is 42.7 Å². The number of carbonyl (C=O) groups excluding carboxylic acids is 3. The summed E-state index contributed by atoms with van der Waals surface area (Å²) in [5, 5.41) is 9.41. The largest absolute Gasteiger partial charge is 0.508 e. The lowest BCUT2D eigenvalue weighted by Crippen LogP contribution is -2.50. The van der Waals surface area contributed by atoms with E-state index in [1.54, 1.807) is 18.2 Å². The van der Waals surface area contributed by atoms with Crippen molar-refractivity contribution in [2.45, 2.75) is 35.9 Å². The molecule has 4 rings (SSSR count). The molecule has 0 bridgehead atoms. The van der Waals surface area contributed by atoms with Crippen LogP contribution in [0.5, 0.6) is 5.75 Å². The number of sulfone groups is 1. The van der Waals surface area contributed by atoms with Crippen LogP contribution in [0.3, 0.4) is 0 Å². The smallest absolute Gasteiger partial charge is 0.255 e. The predicted molar refractivity (Wildman–Crippen MR) is 119 cm³/mol. The summed E-state index contributed by atoms with van der Waals surface area (Å²) in [7, 11) is -3.64. The van der Waals surface area contributed by atoms with Crippen LogP contribution < -0.4 is 5.73 Å². The minimum atomic E-state index is -3.64. The molecule has 2 heterocycles. The molecule has 174 valence electrons. The summed E-state index contributed by atoms with van der Waals surface area (Å²) in [6, 6.07) is 10.1. The number of phenolic OH excluding ortho intramolecular Hbond substituents is 1. The first kappa shape index (κ1) is 22.9. The van der Waals surface area contributed by atoms with E-state index < -0.39 is 33.9 Å². The molecule has 0 radical (unpaired) electrons. The van der Waals surface area contributed by atoms with Gasteiger partial charge in [0, 0.05) is 12.8 Å². The van der Waals surface area contributed by atoms with Gasteiger partial charge < -0.3 is 20.6 Å². The number of ketones is 1. The molecule has 2 unspecified atom stereocenters. The molecular weight excluding hydrogens is 446 g/mol. The Morgan fingerprint density at radius 1 is 1.12 bits per heavy atom. The Kier molecular flexibility index (Phi) is 5.98. The number of aromatic hydroxyl groups is 1. The molecular formula is C23H25N3O6S. The summed E-state index contributed by atoms with van der Waals surface area (Å²) in [5.41, 5.74) is 6.93. The molecule has 0 spiro atoms. The Hall–Kier alpha value is -3.24. The van der Waals surface area contributed by atoms with E-state index in [1.165, 1.54) is 40.1 Å². The highest BCUT2D eigenvalue weighted by Gasteiger charge is 2.52. The average molecular weight is 472 g/mol. The van der Waals surface area contributed by atoms with Crippen molar-refractivity contribution in [3.63, 3.8) is 0 Å². The van der Waals surface area contributed by atoms with Crippen molar-refractivity contribution in [3.8, 4) is 5.75 Å². The number of hydrogen-bond acceptors (Lipinski definition) is 7. The first-order chi connectivity index (χ1) is 15.6. The minimum Gasteiger partial charge on any atom is -0.508 e. The fourth-order valence-corrected chi connectivity index (χ4v) is 5.53. The van der Waals surface area contributed by atoms with Crippen molar-refractivity contribution in [1.29, 1.82) is 0 Å². The number of nitrogens with zero attached hydrogens (tertiary/aromatic N) is 2. The van der Waals surface area contributed by atoms with Crippen LogP contribution in [0.2, 0.25) is 0 Å². The molecule has 0 aromatic heterocycles. The van der Waals surface area contributed by atoms with Crippen LogP contribution in [0, 0.1) is 0 Å². The van der Waals surface area contributed by atoms with Crippen molar-refractivity contribution in [2.75, 3.05) is 19.3 Å². The number of fused-ring (bicyclic) bond motifs is 1. The van der Waals surface area contributed by atoms with Crippen molar-refractivity contribution < 1.29 is 27.9 Å². The van der Waals surface area contributed by atoms with Crippen LogP contribution in [0.1, 0.15) is 22.3 Å². The second kappa shape index (κ2) is 8.60. The standard InChI is InChI=1S/C23H25N3O6S/c1-33(31,32)20-5-3-2-4-16(20)22(29)26-13-19(28)21-18(26)10-11-25(21)23(30)17(24)12-14-6-8-15(27)9-7-14/h2-9,17-18,21,27H,10-13,24H2,1H3/t17-,18?,21?/m0/s1. The molecule has 2 fully saturated rings. The summed E-state index contributed by atoms with van der Waals surface area (Å²) in [4.78, 5) is 41.9. The van der Waals surface area contributed by atoms with Gasteiger partial charge in [-0.1, -0.05) is 24.3 Å². The lowest BCUT2D eigenvalue weighted by Gasteiger charge is -2.26. The van der Waals surface area contributed by atoms with Crippen LogP contribution in [-0.2, 0) is 25.8 Å². The third-order valence-corrected chi connectivity index (χ3v) is 7.35. The first-order valence-corrected chi connectivity index (χ1v) is 12.4. The van der Waals surface area contributed by atoms with E-state index in [1.807, 2.05) is 0 Å². The highest BCUT2D eigenvalue weighted by atomic mass is 32.2. The maximum atomic E-state index is 13.2. The Morgan fingerprint density at radius 2 is 1.79 bits per heavy atom. The first-order valence-electron chi connectivity index (χ1n) is 10.5. The molecule has 3 atom stereocenters. The summed E-state index contributed by atoms with van der Waals surface area (Å²) >= 11 is 0. The average Bonchev–Trinajstić information content (AvgIpc) is 3.35. The molecule has 2 aromatic rings. The van der Waals surface area contributed by atoms with Crippen molar-refractivity contribution in [3.05, 3.63) is 59.7 Å². The molecule has 3 N–H and O–H groups in total. The molecule has 2 aliphatic rings. The molecule has 9 nitrogen and oxygen atoms in total. The quantitative estimate of drug-likeness (QED) is 0.642. The highest BCUT2D eigenvalue weighted by Crippen LogP contribution is 2.32. The second-order valence-electron chi connectivity index (χ2n) is 8.48. The number of nitrogens with two attached hydrogens (primary N) is 1. The molecule has 2 aromatic carbocycles. The number of phenols is 1. The fraction of sp³-hybridized carbons (Fsp3) is 0.348. The van der Waals surface area contributed by atoms with Crippen LogP contribution in [0.4, 0.5) is 0 Å². The highest BCUT2D eigenvalue weighted by molar-refractivity contribution is 7.90. The van der Waals surface area contributed by atoms with E-state index in [2.05, 4.69) is 0 Å². The monoisotopic (exact) mass is 471 g/mol. The number of rotatable bonds is 5. The molecule has 0 saturated carbocycles. The number of amides is 2. The fourth-order valence-electron chi connectivity index (χ4n) is 4.65. The molecule has 2 saturated heterocycles. The van der Waals surface area contributed by atoms with E-state index in [-0.39, 0.29) is 47.4 Å². The van der Waals surface area contributed by atoms with E-state index in [0.717, 1.165) is 11.8 Å². The topological polar surface area (TPSA) is 138 Å². The molecule has 2 amide bonds. The van der Waals surface area contributed by atoms with Crippen molar-refractivity contribution in [1.82, 2.24) is 9.80 Å². The molecule has 33 heavy (non-hydrogen) atoms. The molecule has 0 aliphatic carbocycles. The lowest BCUT2D eigenvalue weighted by molar-refractivity contribution is -0.137. The van der Waals surface area contributed by atoms with Gasteiger partial charge in [0.1, 0.15) is 11.8 Å². The summed E-state index contributed by atoms with van der Waals surface area (Å²) in [6.45, 7) is 0.0872. The maximum absolute atomic E-state index is 13.2.